The molecule has 0 aliphatic heterocycles. The first-order valence-corrected chi connectivity index (χ1v) is 3.15. The Morgan fingerprint density at radius 2 is 2.56 bits per heavy atom. The minimum absolute atomic E-state index is 0.167. The van der Waals surface area contributed by atoms with Crippen LogP contribution in [0.1, 0.15) is 0 Å². The van der Waals surface area contributed by atoms with E-state index in [0.29, 0.717) is 4.34 Å². The summed E-state index contributed by atoms with van der Waals surface area (Å²) >= 11 is 6.21. The summed E-state index contributed by atoms with van der Waals surface area (Å²) in [6, 6.07) is 0. The zero-order valence-corrected chi connectivity index (χ0v) is 5.65. The number of thiazole rings is 1. The normalized spacial score (nSPS) is 9.44. The fourth-order valence-electron chi connectivity index (χ4n) is 0.330. The Labute approximate surface area is 59.2 Å². The van der Waals surface area contributed by atoms with Crippen LogP contribution in [0.25, 0.3) is 0 Å². The molecule has 0 spiro atoms. The van der Waals surface area contributed by atoms with E-state index in [1.807, 2.05) is 0 Å². The third kappa shape index (κ3) is 1.36. The summed E-state index contributed by atoms with van der Waals surface area (Å²) in [7, 11) is 0. The van der Waals surface area contributed by atoms with Crippen LogP contribution in [0, 0.1) is 10.1 Å². The quantitative estimate of drug-likeness (QED) is 0.469. The van der Waals surface area contributed by atoms with Crippen LogP contribution in [0.15, 0.2) is 6.20 Å². The molecule has 1 heterocycles. The summed E-state index contributed by atoms with van der Waals surface area (Å²) in [6.07, 6.45) is 1.25. The number of rotatable bonds is 1. The lowest BCUT2D eigenvalue weighted by atomic mass is 11.0. The van der Waals surface area contributed by atoms with Gasteiger partial charge in [0.25, 0.3) is 0 Å². The molecule has 1 rings (SSSR count). The molecule has 9 heavy (non-hydrogen) atoms. The highest BCUT2D eigenvalue weighted by molar-refractivity contribution is 7.18. The Morgan fingerprint density at radius 3 is 2.78 bits per heavy atom. The van der Waals surface area contributed by atoms with E-state index in [0.717, 1.165) is 11.3 Å². The number of nitro groups is 1. The maximum absolute atomic E-state index is 9.91. The number of halogens is 1. The highest BCUT2D eigenvalue weighted by Crippen LogP contribution is 2.23. The van der Waals surface area contributed by atoms with Gasteiger partial charge in [0.05, 0.1) is 0 Å². The average Bonchev–Trinajstić information content (AvgIpc) is 2.14. The highest BCUT2D eigenvalue weighted by atomic mass is 35.5. The summed E-state index contributed by atoms with van der Waals surface area (Å²) in [5, 5.41) is 9.74. The van der Waals surface area contributed by atoms with Crippen molar-refractivity contribution in [3.8, 4) is 0 Å². The van der Waals surface area contributed by atoms with E-state index in [4.69, 9.17) is 11.6 Å². The molecule has 0 bridgehead atoms. The van der Waals surface area contributed by atoms with Crippen molar-refractivity contribution < 1.29 is 4.92 Å². The molecule has 4 nitrogen and oxygen atoms in total. The molecule has 48 valence electrons. The van der Waals surface area contributed by atoms with E-state index in [2.05, 4.69) is 4.98 Å². The SMILES string of the molecule is O=[N+]([O-])c1ncc(Cl)s1. The molecular formula is C3HClN2O2S. The van der Waals surface area contributed by atoms with Crippen molar-refractivity contribution in [3.05, 3.63) is 20.6 Å². The van der Waals surface area contributed by atoms with Gasteiger partial charge >= 0.3 is 5.13 Å². The van der Waals surface area contributed by atoms with Gasteiger partial charge in [-0.05, 0) is 21.2 Å². The molecular weight excluding hydrogens is 164 g/mol. The molecule has 6 heteroatoms. The zero-order valence-electron chi connectivity index (χ0n) is 4.07. The van der Waals surface area contributed by atoms with Crippen LogP contribution in [0.5, 0.6) is 0 Å². The van der Waals surface area contributed by atoms with E-state index < -0.39 is 4.92 Å². The van der Waals surface area contributed by atoms with Crippen LogP contribution in [0.3, 0.4) is 0 Å². The summed E-state index contributed by atoms with van der Waals surface area (Å²) in [5.74, 6) is 0. The van der Waals surface area contributed by atoms with Gasteiger partial charge in [0.15, 0.2) is 6.20 Å². The van der Waals surface area contributed by atoms with Gasteiger partial charge in [-0.1, -0.05) is 11.6 Å². The van der Waals surface area contributed by atoms with Gasteiger partial charge in [0.1, 0.15) is 4.34 Å². The molecule has 0 aliphatic carbocycles. The van der Waals surface area contributed by atoms with E-state index in [1.54, 1.807) is 0 Å². The standard InChI is InChI=1S/C3HClN2O2S/c4-2-1-5-3(9-2)6(7)8/h1H. The Morgan fingerprint density at radius 1 is 1.89 bits per heavy atom. The van der Waals surface area contributed by atoms with E-state index in [-0.39, 0.29) is 5.13 Å². The Bertz CT molecular complexity index is 235. The van der Waals surface area contributed by atoms with Gasteiger partial charge in [-0.3, -0.25) is 0 Å². The van der Waals surface area contributed by atoms with Crippen LogP contribution in [-0.2, 0) is 0 Å². The minimum Gasteiger partial charge on any atom is -0.357 e. The van der Waals surface area contributed by atoms with E-state index in [1.165, 1.54) is 6.20 Å². The van der Waals surface area contributed by atoms with Gasteiger partial charge in [-0.15, -0.1) is 0 Å². The van der Waals surface area contributed by atoms with Crippen molar-refractivity contribution >= 4 is 28.1 Å². The van der Waals surface area contributed by atoms with Crippen molar-refractivity contribution in [3.63, 3.8) is 0 Å². The molecule has 0 radical (unpaired) electrons. The first kappa shape index (κ1) is 6.44. The van der Waals surface area contributed by atoms with Gasteiger partial charge in [0.2, 0.25) is 0 Å². The second-order valence-corrected chi connectivity index (χ2v) is 2.84. The Balaban J connectivity index is 2.98. The van der Waals surface area contributed by atoms with Crippen molar-refractivity contribution in [1.29, 1.82) is 0 Å². The molecule has 0 N–H and O–H groups in total. The Kier molecular flexibility index (Phi) is 1.63. The van der Waals surface area contributed by atoms with Crippen molar-refractivity contribution in [2.75, 3.05) is 0 Å². The summed E-state index contributed by atoms with van der Waals surface area (Å²) < 4.78 is 0.335. The fraction of sp³-hybridized carbons (Fsp3) is 0. The predicted molar refractivity (Wildman–Crippen MR) is 33.8 cm³/mol. The third-order valence-corrected chi connectivity index (χ3v) is 1.69. The van der Waals surface area contributed by atoms with Crippen molar-refractivity contribution in [2.24, 2.45) is 0 Å². The minimum atomic E-state index is -0.573. The molecule has 0 amide bonds. The van der Waals surface area contributed by atoms with Crippen molar-refractivity contribution in [2.45, 2.75) is 0 Å². The number of nitrogens with zero attached hydrogens (tertiary/aromatic N) is 2. The first-order chi connectivity index (χ1) is 4.20. The number of aromatic nitrogens is 1. The molecule has 0 saturated heterocycles. The zero-order chi connectivity index (χ0) is 6.85. The third-order valence-electron chi connectivity index (χ3n) is 0.621. The van der Waals surface area contributed by atoms with Crippen LogP contribution < -0.4 is 0 Å². The molecule has 0 aliphatic rings. The van der Waals surface area contributed by atoms with Gasteiger partial charge in [0, 0.05) is 0 Å². The monoisotopic (exact) mass is 164 g/mol. The molecule has 0 saturated carbocycles. The topological polar surface area (TPSA) is 56.0 Å². The molecule has 1 aromatic heterocycles. The van der Waals surface area contributed by atoms with E-state index in [9.17, 15) is 10.1 Å². The van der Waals surface area contributed by atoms with Crippen LogP contribution >= 0.6 is 22.9 Å². The lowest BCUT2D eigenvalue weighted by Crippen LogP contribution is -1.83. The summed E-state index contributed by atoms with van der Waals surface area (Å²) in [5.41, 5.74) is 0. The summed E-state index contributed by atoms with van der Waals surface area (Å²) in [6.45, 7) is 0. The molecule has 0 fully saturated rings. The lowest BCUT2D eigenvalue weighted by molar-refractivity contribution is -0.384. The van der Waals surface area contributed by atoms with Gasteiger partial charge < -0.3 is 10.1 Å². The molecule has 0 atom stereocenters. The lowest BCUT2D eigenvalue weighted by Gasteiger charge is -1.80. The van der Waals surface area contributed by atoms with E-state index >= 15 is 0 Å². The highest BCUT2D eigenvalue weighted by Gasteiger charge is 2.09. The number of hydrogen-bond donors (Lipinski definition) is 0. The van der Waals surface area contributed by atoms with Crippen molar-refractivity contribution in [1.82, 2.24) is 4.98 Å². The van der Waals surface area contributed by atoms with Crippen LogP contribution in [-0.4, -0.2) is 9.91 Å². The summed E-state index contributed by atoms with van der Waals surface area (Å²) in [4.78, 5) is 12.7. The van der Waals surface area contributed by atoms with Crippen LogP contribution in [0.4, 0.5) is 5.13 Å². The first-order valence-electron chi connectivity index (χ1n) is 1.96. The van der Waals surface area contributed by atoms with Gasteiger partial charge in [-0.2, -0.15) is 0 Å². The molecule has 1 aromatic rings. The van der Waals surface area contributed by atoms with Gasteiger partial charge in [-0.25, -0.2) is 0 Å². The molecule has 0 aromatic carbocycles. The number of hydrogen-bond acceptors (Lipinski definition) is 4. The fourth-order valence-corrected chi connectivity index (χ4v) is 1.05. The predicted octanol–water partition coefficient (Wildman–Crippen LogP) is 1.70. The van der Waals surface area contributed by atoms with Crippen LogP contribution in [0.2, 0.25) is 4.34 Å². The maximum Gasteiger partial charge on any atom is 0.424 e. The second-order valence-electron chi connectivity index (χ2n) is 1.20. The largest absolute Gasteiger partial charge is 0.424 e. The smallest absolute Gasteiger partial charge is 0.357 e. The molecule has 0 unspecified atom stereocenters. The Hall–Kier alpha value is -0.680. The maximum atomic E-state index is 9.91. The average molecular weight is 165 g/mol. The second kappa shape index (κ2) is 2.28.